The van der Waals surface area contributed by atoms with Crippen molar-refractivity contribution in [2.75, 3.05) is 19.5 Å². The molecule has 0 saturated carbocycles. The van der Waals surface area contributed by atoms with E-state index in [9.17, 15) is 4.79 Å². The van der Waals surface area contributed by atoms with Crippen molar-refractivity contribution < 1.29 is 9.47 Å². The molecule has 1 heterocycles. The lowest BCUT2D eigenvalue weighted by Gasteiger charge is -2.17. The van der Waals surface area contributed by atoms with Crippen LogP contribution in [0.4, 0.5) is 5.69 Å². The van der Waals surface area contributed by atoms with Gasteiger partial charge in [0.1, 0.15) is 6.61 Å². The number of hydrogen-bond acceptors (Lipinski definition) is 4. The summed E-state index contributed by atoms with van der Waals surface area (Å²) in [4.78, 5) is 13.0. The molecule has 0 aliphatic heterocycles. The van der Waals surface area contributed by atoms with Gasteiger partial charge < -0.3 is 19.8 Å². The van der Waals surface area contributed by atoms with E-state index in [0.29, 0.717) is 24.6 Å². The fourth-order valence-electron chi connectivity index (χ4n) is 3.23. The van der Waals surface area contributed by atoms with Gasteiger partial charge in [0.15, 0.2) is 5.75 Å². The summed E-state index contributed by atoms with van der Waals surface area (Å²) in [6.07, 6.45) is 8.19. The average Bonchev–Trinajstić information content (AvgIpc) is 2.67. The molecule has 2 N–H and O–H groups in total. The smallest absolute Gasteiger partial charge is 0.297 e. The number of ether oxygens (including phenoxy) is 2. The zero-order valence-electron chi connectivity index (χ0n) is 18.4. The normalized spacial score (nSPS) is 11.6. The van der Waals surface area contributed by atoms with Crippen LogP contribution in [0, 0.1) is 0 Å². The summed E-state index contributed by atoms with van der Waals surface area (Å²) in [5.74, 6) is 0.725. The third-order valence-electron chi connectivity index (χ3n) is 4.89. The van der Waals surface area contributed by atoms with E-state index >= 15 is 0 Å². The second-order valence-electron chi connectivity index (χ2n) is 7.63. The molecule has 0 atom stereocenters. The Morgan fingerprint density at radius 1 is 1.17 bits per heavy atom. The van der Waals surface area contributed by atoms with Crippen molar-refractivity contribution in [1.82, 2.24) is 4.57 Å². The van der Waals surface area contributed by atoms with Crippen LogP contribution in [-0.4, -0.2) is 18.3 Å². The van der Waals surface area contributed by atoms with Crippen molar-refractivity contribution in [3.05, 3.63) is 51.9 Å². The second-order valence-corrected chi connectivity index (χ2v) is 7.63. The molecular weight excluding hydrogens is 364 g/mol. The predicted molar refractivity (Wildman–Crippen MR) is 122 cm³/mol. The third-order valence-corrected chi connectivity index (χ3v) is 4.89. The lowest BCUT2D eigenvalue weighted by Crippen LogP contribution is -2.23. The fourth-order valence-corrected chi connectivity index (χ4v) is 3.23. The van der Waals surface area contributed by atoms with Crippen LogP contribution in [0.2, 0.25) is 0 Å². The summed E-state index contributed by atoms with van der Waals surface area (Å²) in [7, 11) is 1.51. The quantitative estimate of drug-likeness (QED) is 0.426. The van der Waals surface area contributed by atoms with Gasteiger partial charge >= 0.3 is 0 Å². The lowest BCUT2D eigenvalue weighted by atomic mass is 10.1. The minimum absolute atomic E-state index is 0.182. The maximum atomic E-state index is 13.0. The average molecular weight is 399 g/mol. The number of aryl methyl sites for hydroxylation is 1. The van der Waals surface area contributed by atoms with Gasteiger partial charge in [0.05, 0.1) is 12.6 Å². The first-order valence-corrected chi connectivity index (χ1v) is 10.3. The summed E-state index contributed by atoms with van der Waals surface area (Å²) in [5, 5.41) is 0.836. The van der Waals surface area contributed by atoms with Crippen molar-refractivity contribution in [3.63, 3.8) is 0 Å². The fraction of sp³-hybridized carbons (Fsp3) is 0.458. The van der Waals surface area contributed by atoms with Gasteiger partial charge in [0.2, 0.25) is 5.75 Å². The summed E-state index contributed by atoms with van der Waals surface area (Å²) >= 11 is 0. The number of pyridine rings is 1. The van der Waals surface area contributed by atoms with Gasteiger partial charge in [-0.25, -0.2) is 0 Å². The number of hydrogen-bond donors (Lipinski definition) is 1. The molecule has 1 aromatic heterocycles. The molecule has 5 heteroatoms. The first-order valence-electron chi connectivity index (χ1n) is 10.3. The molecule has 1 aromatic carbocycles. The number of aromatic nitrogens is 1. The summed E-state index contributed by atoms with van der Waals surface area (Å²) in [6, 6.07) is 5.55. The molecule has 158 valence electrons. The number of nitrogens with zero attached hydrogens (tertiary/aromatic N) is 1. The summed E-state index contributed by atoms with van der Waals surface area (Å²) < 4.78 is 13.3. The number of unbranched alkanes of at least 4 members (excludes halogenated alkanes) is 1. The number of benzene rings is 1. The molecule has 0 aliphatic carbocycles. The van der Waals surface area contributed by atoms with Crippen LogP contribution in [0.1, 0.15) is 53.4 Å². The van der Waals surface area contributed by atoms with Gasteiger partial charge in [-0.05, 0) is 64.3 Å². The van der Waals surface area contributed by atoms with Crippen molar-refractivity contribution in [3.8, 4) is 11.5 Å². The number of anilines is 1. The topological polar surface area (TPSA) is 66.5 Å². The van der Waals surface area contributed by atoms with Crippen LogP contribution in [-0.2, 0) is 6.54 Å². The first kappa shape index (κ1) is 22.6. The van der Waals surface area contributed by atoms with Crippen LogP contribution in [0.5, 0.6) is 11.5 Å². The minimum Gasteiger partial charge on any atom is -0.488 e. The zero-order valence-corrected chi connectivity index (χ0v) is 18.4. The molecule has 5 nitrogen and oxygen atoms in total. The van der Waals surface area contributed by atoms with E-state index < -0.39 is 0 Å². The Balaban J connectivity index is 2.37. The molecule has 0 radical (unpaired) electrons. The maximum Gasteiger partial charge on any atom is 0.297 e. The predicted octanol–water partition coefficient (Wildman–Crippen LogP) is 5.46. The largest absolute Gasteiger partial charge is 0.488 e. The molecule has 0 spiro atoms. The zero-order chi connectivity index (χ0) is 21.4. The molecule has 0 fully saturated rings. The van der Waals surface area contributed by atoms with Crippen LogP contribution in [0.15, 0.2) is 46.3 Å². The standard InChI is InChI=1S/C24H34N2O3/c1-6-7-14-26-21-16-19(25)11-12-20(21)22(23(28-5)24(26)27)29-15-13-18(4)10-8-9-17(2)3/h9,11-13,16H,6-8,10,14-15,25H2,1-5H3. The Morgan fingerprint density at radius 3 is 2.59 bits per heavy atom. The molecule has 2 aromatic rings. The van der Waals surface area contributed by atoms with Gasteiger partial charge in [-0.3, -0.25) is 4.79 Å². The molecule has 0 unspecified atom stereocenters. The van der Waals surface area contributed by atoms with Crippen molar-refractivity contribution in [1.29, 1.82) is 0 Å². The minimum atomic E-state index is -0.182. The van der Waals surface area contributed by atoms with Crippen LogP contribution in [0.3, 0.4) is 0 Å². The van der Waals surface area contributed by atoms with Crippen LogP contribution >= 0.6 is 0 Å². The number of nitrogen functional groups attached to an aromatic ring is 1. The van der Waals surface area contributed by atoms with Gasteiger partial charge in [0, 0.05) is 17.6 Å². The highest BCUT2D eigenvalue weighted by molar-refractivity contribution is 5.90. The van der Waals surface area contributed by atoms with Gasteiger partial charge in [0.25, 0.3) is 5.56 Å². The summed E-state index contributed by atoms with van der Waals surface area (Å²) in [6.45, 7) is 9.41. The number of fused-ring (bicyclic) bond motifs is 1. The first-order chi connectivity index (χ1) is 13.9. The Bertz CT molecular complexity index is 951. The Morgan fingerprint density at radius 2 is 1.93 bits per heavy atom. The van der Waals surface area contributed by atoms with Gasteiger partial charge in [-0.15, -0.1) is 0 Å². The molecule has 0 bridgehead atoms. The molecule has 0 aliphatic rings. The molecule has 0 saturated heterocycles. The molecular formula is C24H34N2O3. The van der Waals surface area contributed by atoms with Crippen molar-refractivity contribution in [2.24, 2.45) is 0 Å². The highest BCUT2D eigenvalue weighted by atomic mass is 16.5. The van der Waals surface area contributed by atoms with Crippen molar-refractivity contribution >= 4 is 16.6 Å². The van der Waals surface area contributed by atoms with E-state index in [1.807, 2.05) is 18.2 Å². The maximum absolute atomic E-state index is 13.0. The van der Waals surface area contributed by atoms with E-state index in [2.05, 4.69) is 39.8 Å². The molecule has 0 amide bonds. The highest BCUT2D eigenvalue weighted by Crippen LogP contribution is 2.34. The number of allylic oxidation sites excluding steroid dienone is 3. The number of rotatable bonds is 10. The second kappa shape index (κ2) is 10.7. The lowest BCUT2D eigenvalue weighted by molar-refractivity contribution is 0.324. The molecule has 2 rings (SSSR count). The monoisotopic (exact) mass is 398 g/mol. The molecule has 29 heavy (non-hydrogen) atoms. The highest BCUT2D eigenvalue weighted by Gasteiger charge is 2.18. The van der Waals surface area contributed by atoms with E-state index in [4.69, 9.17) is 15.2 Å². The third kappa shape index (κ3) is 5.89. The van der Waals surface area contributed by atoms with E-state index in [0.717, 1.165) is 36.6 Å². The Kier molecular flexibility index (Phi) is 8.37. The Labute approximate surface area is 173 Å². The van der Waals surface area contributed by atoms with Crippen LogP contribution < -0.4 is 20.8 Å². The number of nitrogens with two attached hydrogens (primary N) is 1. The van der Waals surface area contributed by atoms with Crippen molar-refractivity contribution in [2.45, 2.75) is 59.9 Å². The number of methoxy groups -OCH3 is 1. The van der Waals surface area contributed by atoms with E-state index in [1.54, 1.807) is 4.57 Å². The SMILES string of the molecule is CCCCn1c(=O)c(OC)c(OCC=C(C)CCC=C(C)C)c2ccc(N)cc21. The van der Waals surface area contributed by atoms with Gasteiger partial charge in [-0.2, -0.15) is 0 Å². The van der Waals surface area contributed by atoms with Gasteiger partial charge in [-0.1, -0.05) is 30.6 Å². The Hall–Kier alpha value is -2.69. The van der Waals surface area contributed by atoms with E-state index in [1.165, 1.54) is 18.3 Å². The van der Waals surface area contributed by atoms with E-state index in [-0.39, 0.29) is 11.3 Å². The summed E-state index contributed by atoms with van der Waals surface area (Å²) in [5.41, 5.74) is 9.80. The van der Waals surface area contributed by atoms with Crippen LogP contribution in [0.25, 0.3) is 10.9 Å².